The second-order valence-electron chi connectivity index (χ2n) is 6.01. The van der Waals surface area contributed by atoms with Gasteiger partial charge in [-0.15, -0.1) is 0 Å². The standard InChI is InChI=1S/C14H24F3N3O2/c1-9(2)13(4,21)7-18-6-11-10(3)19-20(5)12(11)22-8-14(15,16)17/h9,18,21H,6-8H2,1-5H3. The molecule has 0 bridgehead atoms. The van der Waals surface area contributed by atoms with E-state index in [1.54, 1.807) is 13.8 Å². The lowest BCUT2D eigenvalue weighted by Crippen LogP contribution is -2.42. The van der Waals surface area contributed by atoms with E-state index in [2.05, 4.69) is 10.4 Å². The second kappa shape index (κ2) is 6.87. The number of aliphatic hydroxyl groups is 1. The average Bonchev–Trinajstić information content (AvgIpc) is 2.60. The van der Waals surface area contributed by atoms with Gasteiger partial charge in [0.25, 0.3) is 0 Å². The van der Waals surface area contributed by atoms with Crippen LogP contribution >= 0.6 is 0 Å². The number of ether oxygens (including phenoxy) is 1. The molecule has 0 saturated carbocycles. The smallest absolute Gasteiger partial charge is 0.422 e. The Morgan fingerprint density at radius 1 is 1.36 bits per heavy atom. The number of alkyl halides is 3. The molecule has 1 heterocycles. The van der Waals surface area contributed by atoms with Crippen molar-refractivity contribution in [3.8, 4) is 5.88 Å². The fraction of sp³-hybridized carbons (Fsp3) is 0.786. The van der Waals surface area contributed by atoms with Gasteiger partial charge in [0.15, 0.2) is 6.61 Å². The Morgan fingerprint density at radius 2 is 1.95 bits per heavy atom. The number of aryl methyl sites for hydroxylation is 2. The third-order valence-corrected chi connectivity index (χ3v) is 3.69. The van der Waals surface area contributed by atoms with E-state index < -0.39 is 18.4 Å². The van der Waals surface area contributed by atoms with E-state index in [1.165, 1.54) is 11.7 Å². The summed E-state index contributed by atoms with van der Waals surface area (Å²) in [6, 6.07) is 0. The summed E-state index contributed by atoms with van der Waals surface area (Å²) in [7, 11) is 1.53. The van der Waals surface area contributed by atoms with E-state index in [4.69, 9.17) is 4.74 Å². The van der Waals surface area contributed by atoms with Crippen LogP contribution in [0.25, 0.3) is 0 Å². The van der Waals surface area contributed by atoms with E-state index >= 15 is 0 Å². The molecule has 5 nitrogen and oxygen atoms in total. The Bertz CT molecular complexity index is 496. The van der Waals surface area contributed by atoms with E-state index in [0.717, 1.165) is 0 Å². The summed E-state index contributed by atoms with van der Waals surface area (Å²) in [6.45, 7) is 6.44. The topological polar surface area (TPSA) is 59.3 Å². The van der Waals surface area contributed by atoms with E-state index in [-0.39, 0.29) is 18.3 Å². The lowest BCUT2D eigenvalue weighted by Gasteiger charge is -2.28. The number of aromatic nitrogens is 2. The van der Waals surface area contributed by atoms with Gasteiger partial charge in [0, 0.05) is 20.1 Å². The van der Waals surface area contributed by atoms with Gasteiger partial charge in [-0.2, -0.15) is 18.3 Å². The van der Waals surface area contributed by atoms with Gasteiger partial charge < -0.3 is 15.2 Å². The maximum atomic E-state index is 12.3. The van der Waals surface area contributed by atoms with Crippen molar-refractivity contribution in [2.24, 2.45) is 13.0 Å². The molecule has 128 valence electrons. The predicted octanol–water partition coefficient (Wildman–Crippen LogP) is 2.17. The van der Waals surface area contributed by atoms with Crippen LogP contribution in [0.5, 0.6) is 5.88 Å². The van der Waals surface area contributed by atoms with Crippen molar-refractivity contribution in [3.63, 3.8) is 0 Å². The highest BCUT2D eigenvalue weighted by Gasteiger charge is 2.30. The molecule has 22 heavy (non-hydrogen) atoms. The zero-order chi connectivity index (χ0) is 17.1. The molecule has 1 rings (SSSR count). The van der Waals surface area contributed by atoms with Crippen LogP contribution in [0, 0.1) is 12.8 Å². The largest absolute Gasteiger partial charge is 0.468 e. The zero-order valence-corrected chi connectivity index (χ0v) is 13.6. The molecule has 8 heteroatoms. The van der Waals surface area contributed by atoms with Gasteiger partial charge in [0.05, 0.1) is 16.9 Å². The Kier molecular flexibility index (Phi) is 5.86. The molecular formula is C14H24F3N3O2. The van der Waals surface area contributed by atoms with Crippen molar-refractivity contribution in [1.82, 2.24) is 15.1 Å². The molecule has 1 aromatic heterocycles. The first-order valence-corrected chi connectivity index (χ1v) is 7.09. The van der Waals surface area contributed by atoms with Gasteiger partial charge in [-0.05, 0) is 19.8 Å². The highest BCUT2D eigenvalue weighted by molar-refractivity contribution is 5.30. The Morgan fingerprint density at radius 3 is 2.45 bits per heavy atom. The summed E-state index contributed by atoms with van der Waals surface area (Å²) in [5, 5.41) is 17.3. The minimum Gasteiger partial charge on any atom is -0.468 e. The molecule has 0 fully saturated rings. The van der Waals surface area contributed by atoms with E-state index in [0.29, 0.717) is 17.8 Å². The lowest BCUT2D eigenvalue weighted by atomic mass is 9.92. The molecule has 1 aromatic rings. The molecular weight excluding hydrogens is 299 g/mol. The van der Waals surface area contributed by atoms with Crippen LogP contribution in [0.15, 0.2) is 0 Å². The maximum absolute atomic E-state index is 12.3. The maximum Gasteiger partial charge on any atom is 0.422 e. The molecule has 0 saturated heterocycles. The first kappa shape index (κ1) is 18.8. The number of halogens is 3. The fourth-order valence-corrected chi connectivity index (χ4v) is 1.86. The van der Waals surface area contributed by atoms with Crippen molar-refractivity contribution >= 4 is 0 Å². The molecule has 0 radical (unpaired) electrons. The Hall–Kier alpha value is -1.28. The minimum atomic E-state index is -4.40. The molecule has 0 amide bonds. The predicted molar refractivity (Wildman–Crippen MR) is 76.7 cm³/mol. The number of rotatable bonds is 7. The lowest BCUT2D eigenvalue weighted by molar-refractivity contribution is -0.154. The van der Waals surface area contributed by atoms with Gasteiger partial charge in [0.1, 0.15) is 0 Å². The van der Waals surface area contributed by atoms with E-state index in [1.807, 2.05) is 13.8 Å². The van der Waals surface area contributed by atoms with Crippen molar-refractivity contribution in [2.45, 2.75) is 46.0 Å². The van der Waals surface area contributed by atoms with Gasteiger partial charge in [-0.3, -0.25) is 0 Å². The molecule has 2 N–H and O–H groups in total. The van der Waals surface area contributed by atoms with Gasteiger partial charge in [-0.1, -0.05) is 13.8 Å². The summed E-state index contributed by atoms with van der Waals surface area (Å²) < 4.78 is 43.1. The zero-order valence-electron chi connectivity index (χ0n) is 13.6. The SMILES string of the molecule is Cc1nn(C)c(OCC(F)(F)F)c1CNCC(C)(O)C(C)C. The van der Waals surface area contributed by atoms with Crippen LogP contribution in [0.2, 0.25) is 0 Å². The van der Waals surface area contributed by atoms with Crippen LogP contribution in [-0.2, 0) is 13.6 Å². The molecule has 0 spiro atoms. The summed E-state index contributed by atoms with van der Waals surface area (Å²) in [5.41, 5.74) is 0.256. The van der Waals surface area contributed by atoms with Crippen LogP contribution in [0.3, 0.4) is 0 Å². The first-order chi connectivity index (χ1) is 9.94. The van der Waals surface area contributed by atoms with Crippen LogP contribution < -0.4 is 10.1 Å². The third-order valence-electron chi connectivity index (χ3n) is 3.69. The third kappa shape index (κ3) is 5.17. The average molecular weight is 323 g/mol. The normalized spacial score (nSPS) is 15.2. The molecule has 1 unspecified atom stereocenters. The summed E-state index contributed by atoms with van der Waals surface area (Å²) >= 11 is 0. The molecule has 0 aliphatic carbocycles. The van der Waals surface area contributed by atoms with Gasteiger partial charge in [-0.25, -0.2) is 4.68 Å². The molecule has 0 aliphatic heterocycles. The first-order valence-electron chi connectivity index (χ1n) is 7.09. The molecule has 0 aromatic carbocycles. The monoisotopic (exact) mass is 323 g/mol. The Balaban J connectivity index is 2.74. The highest BCUT2D eigenvalue weighted by Crippen LogP contribution is 2.24. The van der Waals surface area contributed by atoms with Gasteiger partial charge in [0.2, 0.25) is 5.88 Å². The minimum absolute atomic E-state index is 0.0518. The van der Waals surface area contributed by atoms with E-state index in [9.17, 15) is 18.3 Å². The van der Waals surface area contributed by atoms with Crippen molar-refractivity contribution in [3.05, 3.63) is 11.3 Å². The highest BCUT2D eigenvalue weighted by atomic mass is 19.4. The summed E-state index contributed by atoms with van der Waals surface area (Å²) in [6.07, 6.45) is -4.40. The van der Waals surface area contributed by atoms with Crippen LogP contribution in [0.1, 0.15) is 32.0 Å². The molecule has 0 aliphatic rings. The summed E-state index contributed by atoms with van der Waals surface area (Å²) in [5.74, 6) is 0.141. The number of nitrogens with zero attached hydrogens (tertiary/aromatic N) is 2. The van der Waals surface area contributed by atoms with Crippen molar-refractivity contribution in [2.75, 3.05) is 13.2 Å². The quantitative estimate of drug-likeness (QED) is 0.807. The van der Waals surface area contributed by atoms with Crippen LogP contribution in [0.4, 0.5) is 13.2 Å². The number of hydrogen-bond donors (Lipinski definition) is 2. The van der Waals surface area contributed by atoms with Crippen molar-refractivity contribution < 1.29 is 23.0 Å². The number of nitrogens with one attached hydrogen (secondary N) is 1. The number of hydrogen-bond acceptors (Lipinski definition) is 4. The molecule has 1 atom stereocenters. The second-order valence-corrected chi connectivity index (χ2v) is 6.01. The van der Waals surface area contributed by atoms with Crippen molar-refractivity contribution in [1.29, 1.82) is 0 Å². The summed E-state index contributed by atoms with van der Waals surface area (Å²) in [4.78, 5) is 0. The fourth-order valence-electron chi connectivity index (χ4n) is 1.86. The van der Waals surface area contributed by atoms with Crippen LogP contribution in [-0.4, -0.2) is 39.8 Å². The van der Waals surface area contributed by atoms with Gasteiger partial charge >= 0.3 is 6.18 Å². The Labute approximate surface area is 128 Å².